The molecule has 2 aromatic carbocycles. The summed E-state index contributed by atoms with van der Waals surface area (Å²) >= 11 is 12.1. The predicted molar refractivity (Wildman–Crippen MR) is 108 cm³/mol. The molecule has 2 heterocycles. The molecule has 0 aliphatic carbocycles. The van der Waals surface area contributed by atoms with Crippen molar-refractivity contribution in [2.75, 3.05) is 31.2 Å². The van der Waals surface area contributed by atoms with Gasteiger partial charge in [-0.3, -0.25) is 4.79 Å². The molecule has 2 aliphatic rings. The van der Waals surface area contributed by atoms with E-state index in [0.29, 0.717) is 47.7 Å². The zero-order valence-corrected chi connectivity index (χ0v) is 17.0. The summed E-state index contributed by atoms with van der Waals surface area (Å²) in [6.45, 7) is 1.46. The number of anilines is 2. The summed E-state index contributed by atoms with van der Waals surface area (Å²) in [6.07, 6.45) is 1.36. The Kier molecular flexibility index (Phi) is 5.09. The molecule has 28 heavy (non-hydrogen) atoms. The Hall–Kier alpha value is -2.06. The Morgan fingerprint density at radius 3 is 2.29 bits per heavy atom. The lowest BCUT2D eigenvalue weighted by Gasteiger charge is -2.32. The summed E-state index contributed by atoms with van der Waals surface area (Å²) in [6, 6.07) is 11.4. The van der Waals surface area contributed by atoms with Crippen LogP contribution in [0.25, 0.3) is 0 Å². The van der Waals surface area contributed by atoms with E-state index < -0.39 is 15.7 Å². The van der Waals surface area contributed by atoms with Gasteiger partial charge in [0, 0.05) is 35.0 Å². The van der Waals surface area contributed by atoms with E-state index in [0.717, 1.165) is 0 Å². The van der Waals surface area contributed by atoms with Crippen LogP contribution in [0.5, 0.6) is 0 Å². The van der Waals surface area contributed by atoms with Gasteiger partial charge in [-0.25, -0.2) is 8.42 Å². The van der Waals surface area contributed by atoms with Gasteiger partial charge in [-0.1, -0.05) is 23.2 Å². The van der Waals surface area contributed by atoms with Crippen LogP contribution in [0.3, 0.4) is 0 Å². The molecule has 1 saturated heterocycles. The van der Waals surface area contributed by atoms with E-state index >= 15 is 0 Å². The van der Waals surface area contributed by atoms with Crippen molar-refractivity contribution in [1.29, 1.82) is 0 Å². The zero-order valence-electron chi connectivity index (χ0n) is 14.6. The fourth-order valence-electron chi connectivity index (χ4n) is 3.19. The number of sulfone groups is 1. The first-order valence-electron chi connectivity index (χ1n) is 8.56. The first-order chi connectivity index (χ1) is 13.4. The number of hydrogen-bond acceptors (Lipinski definition) is 5. The minimum absolute atomic E-state index is 0.0333. The van der Waals surface area contributed by atoms with Crippen molar-refractivity contribution in [1.82, 2.24) is 4.90 Å². The largest absolute Gasteiger partial charge is 0.378 e. The highest BCUT2D eigenvalue weighted by Gasteiger charge is 2.38. The molecule has 0 atom stereocenters. The van der Waals surface area contributed by atoms with Gasteiger partial charge in [0.25, 0.3) is 5.91 Å². The van der Waals surface area contributed by atoms with Crippen molar-refractivity contribution < 1.29 is 17.9 Å². The first-order valence-corrected chi connectivity index (χ1v) is 10.8. The van der Waals surface area contributed by atoms with Crippen molar-refractivity contribution in [3.8, 4) is 0 Å². The molecule has 0 bridgehead atoms. The lowest BCUT2D eigenvalue weighted by molar-refractivity contribution is -0.130. The quantitative estimate of drug-likeness (QED) is 0.715. The molecule has 0 N–H and O–H groups in total. The van der Waals surface area contributed by atoms with Gasteiger partial charge in [0.2, 0.25) is 9.84 Å². The predicted octanol–water partition coefficient (Wildman–Crippen LogP) is 3.62. The molecule has 6 nitrogen and oxygen atoms in total. The normalized spacial score (nSPS) is 18.4. The number of carbonyl (C=O) groups excluding carboxylic acids is 1. The average molecular weight is 439 g/mol. The highest BCUT2D eigenvalue weighted by Crippen LogP contribution is 2.41. The topological polar surface area (TPSA) is 66.9 Å². The number of hydrogen-bond donors (Lipinski definition) is 0. The molecule has 1 fully saturated rings. The van der Waals surface area contributed by atoms with Gasteiger partial charge < -0.3 is 14.5 Å². The van der Waals surface area contributed by atoms with Crippen LogP contribution in [0.2, 0.25) is 10.0 Å². The second kappa shape index (κ2) is 7.40. The van der Waals surface area contributed by atoms with Crippen molar-refractivity contribution in [2.24, 2.45) is 0 Å². The number of morpholine rings is 1. The highest BCUT2D eigenvalue weighted by molar-refractivity contribution is 7.96. The van der Waals surface area contributed by atoms with Crippen LogP contribution in [0.15, 0.2) is 58.5 Å². The van der Waals surface area contributed by atoms with Crippen LogP contribution in [0.4, 0.5) is 11.4 Å². The van der Waals surface area contributed by atoms with Crippen LogP contribution in [0, 0.1) is 0 Å². The summed E-state index contributed by atoms with van der Waals surface area (Å²) in [5.74, 6) is -0.539. The molecule has 0 unspecified atom stereocenters. The maximum absolute atomic E-state index is 13.2. The highest BCUT2D eigenvalue weighted by atomic mass is 35.5. The summed E-state index contributed by atoms with van der Waals surface area (Å²) in [4.78, 5) is 15.9. The third-order valence-corrected chi connectivity index (χ3v) is 6.89. The molecule has 0 radical (unpaired) electrons. The van der Waals surface area contributed by atoms with Gasteiger partial charge >= 0.3 is 0 Å². The number of carbonyl (C=O) groups is 1. The van der Waals surface area contributed by atoms with E-state index in [9.17, 15) is 13.2 Å². The van der Waals surface area contributed by atoms with Crippen molar-refractivity contribution in [3.05, 3.63) is 63.6 Å². The van der Waals surface area contributed by atoms with E-state index in [-0.39, 0.29) is 9.80 Å². The van der Waals surface area contributed by atoms with Crippen LogP contribution >= 0.6 is 23.2 Å². The minimum Gasteiger partial charge on any atom is -0.378 e. The molecular weight excluding hydrogens is 423 g/mol. The van der Waals surface area contributed by atoms with E-state index in [4.69, 9.17) is 27.9 Å². The van der Waals surface area contributed by atoms with Crippen molar-refractivity contribution in [2.45, 2.75) is 4.90 Å². The van der Waals surface area contributed by atoms with Crippen LogP contribution in [-0.4, -0.2) is 45.5 Å². The summed E-state index contributed by atoms with van der Waals surface area (Å²) in [5.41, 5.74) is 1.04. The Bertz CT molecular complexity index is 1060. The second-order valence-electron chi connectivity index (χ2n) is 6.36. The molecule has 4 rings (SSSR count). The number of amides is 1. The number of ether oxygens (including phenoxy) is 1. The van der Waals surface area contributed by atoms with Gasteiger partial charge in [0.1, 0.15) is 0 Å². The second-order valence-corrected chi connectivity index (χ2v) is 9.12. The maximum Gasteiger partial charge on any atom is 0.267 e. The van der Waals surface area contributed by atoms with Crippen LogP contribution in [0.1, 0.15) is 0 Å². The van der Waals surface area contributed by atoms with Gasteiger partial charge in [0.05, 0.1) is 23.8 Å². The van der Waals surface area contributed by atoms with Crippen molar-refractivity contribution in [3.63, 3.8) is 0 Å². The number of halogens is 2. The maximum atomic E-state index is 13.2. The molecule has 9 heteroatoms. The van der Waals surface area contributed by atoms with Gasteiger partial charge in [-0.05, 0) is 42.5 Å². The SMILES string of the molecule is O=C(C1=CN(c2ccc(Cl)cc2)c2cc(Cl)ccc2S1(=O)=O)N1CCOCC1. The fraction of sp³-hybridized carbons (Fsp3) is 0.211. The number of fused-ring (bicyclic) bond motifs is 1. The molecule has 1 amide bonds. The Morgan fingerprint density at radius 2 is 1.61 bits per heavy atom. The fourth-order valence-corrected chi connectivity index (χ4v) is 5.00. The van der Waals surface area contributed by atoms with Crippen LogP contribution in [-0.2, 0) is 19.4 Å². The molecular formula is C19H16Cl2N2O4S. The van der Waals surface area contributed by atoms with Crippen LogP contribution < -0.4 is 4.90 Å². The Labute approximate surface area is 172 Å². The third kappa shape index (κ3) is 3.39. The van der Waals surface area contributed by atoms with E-state index in [2.05, 4.69) is 0 Å². The van der Waals surface area contributed by atoms with E-state index in [1.807, 2.05) is 0 Å². The third-order valence-electron chi connectivity index (χ3n) is 4.62. The summed E-state index contributed by atoms with van der Waals surface area (Å²) in [7, 11) is -3.99. The average Bonchev–Trinajstić information content (AvgIpc) is 2.69. The van der Waals surface area contributed by atoms with Crippen molar-refractivity contribution >= 4 is 50.3 Å². The number of benzene rings is 2. The van der Waals surface area contributed by atoms with Gasteiger partial charge in [-0.15, -0.1) is 0 Å². The number of rotatable bonds is 2. The molecule has 2 aromatic rings. The smallest absolute Gasteiger partial charge is 0.267 e. The minimum atomic E-state index is -3.99. The van der Waals surface area contributed by atoms with E-state index in [1.165, 1.54) is 23.2 Å². The Morgan fingerprint density at radius 1 is 0.964 bits per heavy atom. The monoisotopic (exact) mass is 438 g/mol. The summed E-state index contributed by atoms with van der Waals surface area (Å²) < 4.78 is 31.6. The number of nitrogens with zero attached hydrogens (tertiary/aromatic N) is 2. The summed E-state index contributed by atoms with van der Waals surface area (Å²) in [5, 5.41) is 0.942. The first kappa shape index (κ1) is 19.3. The van der Waals surface area contributed by atoms with Gasteiger partial charge in [-0.2, -0.15) is 0 Å². The molecule has 0 aromatic heterocycles. The standard InChI is InChI=1S/C19H16Cl2N2O4S/c20-13-1-4-15(5-2-13)23-12-18(19(24)22-7-9-27-10-8-22)28(25,26)17-6-3-14(21)11-16(17)23/h1-6,11-12H,7-10H2. The zero-order chi connectivity index (χ0) is 19.9. The lowest BCUT2D eigenvalue weighted by atomic mass is 10.2. The molecule has 0 saturated carbocycles. The molecule has 0 spiro atoms. The Balaban J connectivity index is 1.87. The van der Waals surface area contributed by atoms with E-state index in [1.54, 1.807) is 35.2 Å². The van der Waals surface area contributed by atoms with Gasteiger partial charge in [0.15, 0.2) is 4.91 Å². The molecule has 146 valence electrons. The lowest BCUT2D eigenvalue weighted by Crippen LogP contribution is -2.43. The molecule has 2 aliphatic heterocycles.